The molecule has 1 aliphatic rings. The summed E-state index contributed by atoms with van der Waals surface area (Å²) in [5, 5.41) is 8.83. The van der Waals surface area contributed by atoms with Gasteiger partial charge in [-0.05, 0) is 30.9 Å². The molecule has 1 aliphatic heterocycles. The van der Waals surface area contributed by atoms with Crippen molar-refractivity contribution < 1.29 is 9.90 Å². The number of carbonyl (C=O) groups is 1. The predicted molar refractivity (Wildman–Crippen MR) is 75.8 cm³/mol. The fraction of sp³-hybridized carbons (Fsp3) is 0.312. The number of hydrogen-bond donors (Lipinski definition) is 1. The van der Waals surface area contributed by atoms with E-state index in [2.05, 4.69) is 29.2 Å². The lowest BCUT2D eigenvalue weighted by atomic mass is 10.1. The van der Waals surface area contributed by atoms with Crippen LogP contribution in [0.5, 0.6) is 0 Å². The van der Waals surface area contributed by atoms with Gasteiger partial charge in [-0.2, -0.15) is 0 Å². The largest absolute Gasteiger partial charge is 0.478 e. The molecule has 0 bridgehead atoms. The average molecular weight is 257 g/mol. The van der Waals surface area contributed by atoms with Crippen LogP contribution in [0.25, 0.3) is 0 Å². The highest BCUT2D eigenvalue weighted by Gasteiger charge is 2.09. The molecule has 0 unspecified atom stereocenters. The SMILES string of the molecule is O=C(O)C1=CCN(CCCCc2ccccc2)C=C1. The van der Waals surface area contributed by atoms with Crippen molar-refractivity contribution in [2.75, 3.05) is 13.1 Å². The molecular formula is C16H19NO2. The predicted octanol–water partition coefficient (Wildman–Crippen LogP) is 2.85. The summed E-state index contributed by atoms with van der Waals surface area (Å²) in [7, 11) is 0. The van der Waals surface area contributed by atoms with E-state index in [1.807, 2.05) is 12.3 Å². The van der Waals surface area contributed by atoms with Crippen molar-refractivity contribution in [1.29, 1.82) is 0 Å². The molecule has 1 N–H and O–H groups in total. The van der Waals surface area contributed by atoms with E-state index in [-0.39, 0.29) is 0 Å². The summed E-state index contributed by atoms with van der Waals surface area (Å²) < 4.78 is 0. The molecule has 0 radical (unpaired) electrons. The first-order chi connectivity index (χ1) is 9.25. The molecule has 0 spiro atoms. The van der Waals surface area contributed by atoms with Gasteiger partial charge in [0.15, 0.2) is 0 Å². The Morgan fingerprint density at radius 1 is 1.21 bits per heavy atom. The molecule has 0 aliphatic carbocycles. The Hall–Kier alpha value is -2.03. The Labute approximate surface area is 113 Å². The second-order valence-corrected chi connectivity index (χ2v) is 4.72. The quantitative estimate of drug-likeness (QED) is 0.797. The molecule has 1 heterocycles. The zero-order valence-corrected chi connectivity index (χ0v) is 11.0. The molecule has 1 aromatic carbocycles. The number of hydrogen-bond acceptors (Lipinski definition) is 2. The maximum Gasteiger partial charge on any atom is 0.335 e. The highest BCUT2D eigenvalue weighted by molar-refractivity contribution is 5.90. The summed E-state index contributed by atoms with van der Waals surface area (Å²) in [6, 6.07) is 10.5. The fourth-order valence-corrected chi connectivity index (χ4v) is 2.14. The van der Waals surface area contributed by atoms with Crippen molar-refractivity contribution in [2.24, 2.45) is 0 Å². The summed E-state index contributed by atoms with van der Waals surface area (Å²) in [5.41, 5.74) is 1.77. The lowest BCUT2D eigenvalue weighted by Gasteiger charge is -2.21. The third-order valence-corrected chi connectivity index (χ3v) is 3.26. The maximum atomic E-state index is 10.7. The van der Waals surface area contributed by atoms with Gasteiger partial charge in [0, 0.05) is 19.3 Å². The smallest absolute Gasteiger partial charge is 0.335 e. The Balaban J connectivity index is 1.65. The van der Waals surface area contributed by atoms with Crippen LogP contribution in [-0.4, -0.2) is 29.1 Å². The van der Waals surface area contributed by atoms with Gasteiger partial charge in [0.1, 0.15) is 0 Å². The lowest BCUT2D eigenvalue weighted by Crippen LogP contribution is -2.22. The van der Waals surface area contributed by atoms with Crippen LogP contribution in [0.3, 0.4) is 0 Å². The molecule has 100 valence electrons. The van der Waals surface area contributed by atoms with Crippen LogP contribution in [0, 0.1) is 0 Å². The second-order valence-electron chi connectivity index (χ2n) is 4.72. The summed E-state index contributed by atoms with van der Waals surface area (Å²) in [6.07, 6.45) is 8.70. The molecule has 0 aromatic heterocycles. The highest BCUT2D eigenvalue weighted by Crippen LogP contribution is 2.10. The third-order valence-electron chi connectivity index (χ3n) is 3.26. The van der Waals surface area contributed by atoms with Gasteiger partial charge in [0.2, 0.25) is 0 Å². The first kappa shape index (κ1) is 13.4. The normalized spacial score (nSPS) is 14.3. The number of nitrogens with zero attached hydrogens (tertiary/aromatic N) is 1. The Kier molecular flexibility index (Phi) is 4.78. The third kappa shape index (κ3) is 4.28. The number of carboxylic acids is 1. The zero-order chi connectivity index (χ0) is 13.5. The van der Waals surface area contributed by atoms with Gasteiger partial charge >= 0.3 is 5.97 Å². The Bertz CT molecular complexity index is 477. The van der Waals surface area contributed by atoms with Gasteiger partial charge in [0.05, 0.1) is 5.57 Å². The van der Waals surface area contributed by atoms with Crippen molar-refractivity contribution in [3.05, 3.63) is 59.8 Å². The van der Waals surface area contributed by atoms with E-state index in [1.165, 1.54) is 5.56 Å². The van der Waals surface area contributed by atoms with E-state index in [1.54, 1.807) is 12.2 Å². The van der Waals surface area contributed by atoms with E-state index in [0.29, 0.717) is 12.1 Å². The van der Waals surface area contributed by atoms with E-state index < -0.39 is 5.97 Å². The van der Waals surface area contributed by atoms with Gasteiger partial charge in [0.25, 0.3) is 0 Å². The molecule has 0 saturated heterocycles. The molecule has 0 atom stereocenters. The molecule has 0 amide bonds. The van der Waals surface area contributed by atoms with E-state index in [9.17, 15) is 4.79 Å². The second kappa shape index (κ2) is 6.78. The van der Waals surface area contributed by atoms with Crippen LogP contribution >= 0.6 is 0 Å². The van der Waals surface area contributed by atoms with Gasteiger partial charge in [-0.3, -0.25) is 0 Å². The van der Waals surface area contributed by atoms with Crippen LogP contribution in [-0.2, 0) is 11.2 Å². The first-order valence-electron chi connectivity index (χ1n) is 6.65. The number of aliphatic carboxylic acids is 1. The van der Waals surface area contributed by atoms with Crippen molar-refractivity contribution in [3.63, 3.8) is 0 Å². The molecular weight excluding hydrogens is 238 g/mol. The Morgan fingerprint density at radius 3 is 2.63 bits per heavy atom. The molecule has 1 aromatic rings. The summed E-state index contributed by atoms with van der Waals surface area (Å²) in [5.74, 6) is -0.847. The molecule has 0 saturated carbocycles. The van der Waals surface area contributed by atoms with Crippen LogP contribution in [0.4, 0.5) is 0 Å². The Morgan fingerprint density at radius 2 is 2.00 bits per heavy atom. The van der Waals surface area contributed by atoms with E-state index >= 15 is 0 Å². The average Bonchev–Trinajstić information content (AvgIpc) is 2.45. The van der Waals surface area contributed by atoms with Crippen LogP contribution < -0.4 is 0 Å². The minimum absolute atomic E-state index is 0.389. The van der Waals surface area contributed by atoms with Crippen molar-refractivity contribution in [1.82, 2.24) is 4.90 Å². The number of unbranched alkanes of at least 4 members (excludes halogenated alkanes) is 1. The van der Waals surface area contributed by atoms with Crippen LogP contribution in [0.2, 0.25) is 0 Å². The van der Waals surface area contributed by atoms with Crippen molar-refractivity contribution in [3.8, 4) is 0 Å². The van der Waals surface area contributed by atoms with Gasteiger partial charge in [-0.1, -0.05) is 36.4 Å². The zero-order valence-electron chi connectivity index (χ0n) is 11.0. The van der Waals surface area contributed by atoms with Crippen LogP contribution in [0.15, 0.2) is 54.3 Å². The minimum Gasteiger partial charge on any atom is -0.478 e. The summed E-state index contributed by atoms with van der Waals surface area (Å²) in [4.78, 5) is 12.9. The standard InChI is InChI=1S/C16H19NO2/c18-16(19)15-9-12-17(13-10-15)11-5-4-8-14-6-2-1-3-7-14/h1-3,6-7,9-10,12H,4-5,8,11,13H2,(H,18,19). The van der Waals surface area contributed by atoms with Crippen molar-refractivity contribution in [2.45, 2.75) is 19.3 Å². The maximum absolute atomic E-state index is 10.7. The first-order valence-corrected chi connectivity index (χ1v) is 6.65. The minimum atomic E-state index is -0.847. The summed E-state index contributed by atoms with van der Waals surface area (Å²) in [6.45, 7) is 1.68. The van der Waals surface area contributed by atoms with Crippen LogP contribution in [0.1, 0.15) is 18.4 Å². The van der Waals surface area contributed by atoms with Gasteiger partial charge in [-0.15, -0.1) is 0 Å². The number of carboxylic acid groups (broad SMARTS) is 1. The molecule has 19 heavy (non-hydrogen) atoms. The molecule has 2 rings (SSSR count). The molecule has 0 fully saturated rings. The molecule has 3 nitrogen and oxygen atoms in total. The number of rotatable bonds is 6. The molecule has 3 heteroatoms. The van der Waals surface area contributed by atoms with E-state index in [4.69, 9.17) is 5.11 Å². The van der Waals surface area contributed by atoms with Crippen molar-refractivity contribution >= 4 is 5.97 Å². The fourth-order valence-electron chi connectivity index (χ4n) is 2.14. The highest BCUT2D eigenvalue weighted by atomic mass is 16.4. The van der Waals surface area contributed by atoms with E-state index in [0.717, 1.165) is 25.8 Å². The van der Waals surface area contributed by atoms with Gasteiger partial charge in [-0.25, -0.2) is 4.79 Å². The summed E-state index contributed by atoms with van der Waals surface area (Å²) >= 11 is 0. The number of benzene rings is 1. The lowest BCUT2D eigenvalue weighted by molar-refractivity contribution is -0.132. The number of aryl methyl sites for hydroxylation is 1. The van der Waals surface area contributed by atoms with Gasteiger partial charge < -0.3 is 10.0 Å². The monoisotopic (exact) mass is 257 g/mol. The topological polar surface area (TPSA) is 40.5 Å².